The molecule has 2 aromatic carbocycles. The van der Waals surface area contributed by atoms with Crippen LogP contribution in [0, 0.1) is 0 Å². The molecule has 0 atom stereocenters. The molecule has 2 N–H and O–H groups in total. The Labute approximate surface area is 196 Å². The molecule has 10 heteroatoms. The van der Waals surface area contributed by atoms with Crippen LogP contribution in [0.25, 0.3) is 0 Å². The van der Waals surface area contributed by atoms with Crippen LogP contribution in [0.15, 0.2) is 59.8 Å². The Morgan fingerprint density at radius 2 is 1.85 bits per heavy atom. The van der Waals surface area contributed by atoms with Crippen LogP contribution in [0.4, 0.5) is 11.6 Å². The van der Waals surface area contributed by atoms with E-state index in [-0.39, 0.29) is 17.6 Å². The highest BCUT2D eigenvalue weighted by atomic mass is 32.2. The maximum absolute atomic E-state index is 12.6. The highest BCUT2D eigenvalue weighted by molar-refractivity contribution is 7.99. The first kappa shape index (κ1) is 22.8. The van der Waals surface area contributed by atoms with E-state index in [2.05, 4.69) is 37.9 Å². The molecule has 1 aliphatic heterocycles. The summed E-state index contributed by atoms with van der Waals surface area (Å²) in [7, 11) is 1.57. The number of nitrogens with one attached hydrogen (secondary N) is 2. The normalized spacial score (nSPS) is 13.5. The largest absolute Gasteiger partial charge is 0.378 e. The van der Waals surface area contributed by atoms with Crippen molar-refractivity contribution in [1.82, 2.24) is 20.1 Å². The first-order valence-electron chi connectivity index (χ1n) is 10.7. The molecular formula is C23H26N6O3S. The van der Waals surface area contributed by atoms with Gasteiger partial charge in [-0.2, -0.15) is 0 Å². The number of amides is 2. The summed E-state index contributed by atoms with van der Waals surface area (Å²) in [5.41, 5.74) is 2.19. The van der Waals surface area contributed by atoms with Crippen molar-refractivity contribution in [1.29, 1.82) is 0 Å². The van der Waals surface area contributed by atoms with Gasteiger partial charge in [0.2, 0.25) is 11.9 Å². The summed E-state index contributed by atoms with van der Waals surface area (Å²) in [5.74, 6) is 0.560. The van der Waals surface area contributed by atoms with Crippen LogP contribution in [0.5, 0.6) is 0 Å². The van der Waals surface area contributed by atoms with Gasteiger partial charge in [-0.25, -0.2) is 0 Å². The van der Waals surface area contributed by atoms with Gasteiger partial charge in [0, 0.05) is 31.4 Å². The molecule has 0 radical (unpaired) electrons. The molecule has 0 saturated carbocycles. The second-order valence-corrected chi connectivity index (χ2v) is 8.39. The minimum absolute atomic E-state index is 0.167. The number of ether oxygens (including phenoxy) is 1. The van der Waals surface area contributed by atoms with Gasteiger partial charge >= 0.3 is 0 Å². The fraction of sp³-hybridized carbons (Fsp3) is 0.304. The molecule has 9 nitrogen and oxygen atoms in total. The monoisotopic (exact) mass is 466 g/mol. The lowest BCUT2D eigenvalue weighted by molar-refractivity contribution is -0.113. The lowest BCUT2D eigenvalue weighted by atomic mass is 10.2. The fourth-order valence-corrected chi connectivity index (χ4v) is 4.23. The van der Waals surface area contributed by atoms with E-state index in [1.807, 2.05) is 22.8 Å². The Bertz CT molecular complexity index is 1100. The van der Waals surface area contributed by atoms with E-state index >= 15 is 0 Å². The molecule has 3 aromatic rings. The molecule has 0 aliphatic carbocycles. The van der Waals surface area contributed by atoms with Crippen LogP contribution >= 0.6 is 11.8 Å². The Hall–Kier alpha value is -3.37. The Morgan fingerprint density at radius 3 is 2.61 bits per heavy atom. The number of anilines is 2. The predicted molar refractivity (Wildman–Crippen MR) is 128 cm³/mol. The molecule has 172 valence electrons. The van der Waals surface area contributed by atoms with Crippen molar-refractivity contribution in [2.75, 3.05) is 49.3 Å². The number of rotatable bonds is 8. The molecule has 4 rings (SSSR count). The zero-order valence-electron chi connectivity index (χ0n) is 18.4. The number of thioether (sulfide) groups is 1. The number of carbonyl (C=O) groups is 2. The zero-order chi connectivity index (χ0) is 23.0. The van der Waals surface area contributed by atoms with E-state index in [0.29, 0.717) is 36.2 Å². The van der Waals surface area contributed by atoms with E-state index < -0.39 is 0 Å². The quantitative estimate of drug-likeness (QED) is 0.491. The van der Waals surface area contributed by atoms with Crippen molar-refractivity contribution in [2.24, 2.45) is 0 Å². The molecule has 1 aliphatic rings. The summed E-state index contributed by atoms with van der Waals surface area (Å²) >= 11 is 1.33. The van der Waals surface area contributed by atoms with E-state index in [4.69, 9.17) is 4.74 Å². The Morgan fingerprint density at radius 1 is 1.06 bits per heavy atom. The van der Waals surface area contributed by atoms with Crippen molar-refractivity contribution < 1.29 is 14.3 Å². The standard InChI is InChI=1S/C23H26N6O3S/c1-24-21(31)18-8-5-9-19(14-18)25-20(30)16-33-23-27-26-22(28-10-12-32-13-11-28)29(23)15-17-6-3-2-4-7-17/h2-9,14H,10-13,15-16H2,1H3,(H,24,31)(H,25,30). The second-order valence-electron chi connectivity index (χ2n) is 7.45. The lowest BCUT2D eigenvalue weighted by Gasteiger charge is -2.28. The molecule has 33 heavy (non-hydrogen) atoms. The van der Waals surface area contributed by atoms with Gasteiger partial charge < -0.3 is 20.3 Å². The summed E-state index contributed by atoms with van der Waals surface area (Å²) < 4.78 is 7.52. The van der Waals surface area contributed by atoms with Gasteiger partial charge in [-0.1, -0.05) is 48.2 Å². The van der Waals surface area contributed by atoms with Crippen LogP contribution in [0.2, 0.25) is 0 Å². The van der Waals surface area contributed by atoms with Gasteiger partial charge in [-0.15, -0.1) is 10.2 Å². The topological polar surface area (TPSA) is 101 Å². The number of carbonyl (C=O) groups excluding carboxylic acids is 2. The van der Waals surface area contributed by atoms with Gasteiger partial charge in [-0.05, 0) is 23.8 Å². The van der Waals surface area contributed by atoms with Crippen molar-refractivity contribution >= 4 is 35.2 Å². The van der Waals surface area contributed by atoms with E-state index in [0.717, 1.165) is 24.6 Å². The van der Waals surface area contributed by atoms with E-state index in [1.54, 1.807) is 31.3 Å². The Balaban J connectivity index is 1.46. The summed E-state index contributed by atoms with van der Waals surface area (Å²) in [6.07, 6.45) is 0. The minimum Gasteiger partial charge on any atom is -0.378 e. The summed E-state index contributed by atoms with van der Waals surface area (Å²) in [5, 5.41) is 14.9. The molecule has 2 amide bonds. The average molecular weight is 467 g/mol. The number of aromatic nitrogens is 3. The summed E-state index contributed by atoms with van der Waals surface area (Å²) in [6, 6.07) is 16.9. The molecular weight excluding hydrogens is 440 g/mol. The number of benzene rings is 2. The number of morpholine rings is 1. The molecule has 0 bridgehead atoms. The molecule has 1 saturated heterocycles. The number of nitrogens with zero attached hydrogens (tertiary/aromatic N) is 4. The Kier molecular flexibility index (Phi) is 7.59. The van der Waals surface area contributed by atoms with Gasteiger partial charge in [0.05, 0.1) is 25.5 Å². The average Bonchev–Trinajstić information content (AvgIpc) is 3.26. The number of hydrogen-bond acceptors (Lipinski definition) is 7. The first-order chi connectivity index (χ1) is 16.1. The van der Waals surface area contributed by atoms with Crippen LogP contribution < -0.4 is 15.5 Å². The van der Waals surface area contributed by atoms with Crippen molar-refractivity contribution in [2.45, 2.75) is 11.7 Å². The maximum atomic E-state index is 12.6. The van der Waals surface area contributed by atoms with E-state index in [1.165, 1.54) is 11.8 Å². The lowest BCUT2D eigenvalue weighted by Crippen LogP contribution is -2.38. The van der Waals surface area contributed by atoms with Crippen molar-refractivity contribution in [3.63, 3.8) is 0 Å². The third-order valence-corrected chi connectivity index (χ3v) is 6.11. The molecule has 1 aromatic heterocycles. The smallest absolute Gasteiger partial charge is 0.251 e. The second kappa shape index (κ2) is 11.0. The predicted octanol–water partition coefficient (Wildman–Crippen LogP) is 2.25. The van der Waals surface area contributed by atoms with Crippen LogP contribution in [-0.4, -0.2) is 65.7 Å². The molecule has 0 unspecified atom stereocenters. The summed E-state index contributed by atoms with van der Waals surface area (Å²) in [6.45, 7) is 3.41. The van der Waals surface area contributed by atoms with Crippen LogP contribution in [-0.2, 0) is 16.1 Å². The zero-order valence-corrected chi connectivity index (χ0v) is 19.2. The van der Waals surface area contributed by atoms with Crippen molar-refractivity contribution in [3.8, 4) is 0 Å². The fourth-order valence-electron chi connectivity index (χ4n) is 3.50. The summed E-state index contributed by atoms with van der Waals surface area (Å²) in [4.78, 5) is 26.6. The number of hydrogen-bond donors (Lipinski definition) is 2. The van der Waals surface area contributed by atoms with Gasteiger partial charge in [0.15, 0.2) is 5.16 Å². The molecule has 0 spiro atoms. The highest BCUT2D eigenvalue weighted by Gasteiger charge is 2.21. The minimum atomic E-state index is -0.204. The third-order valence-electron chi connectivity index (χ3n) is 5.14. The third kappa shape index (κ3) is 5.91. The van der Waals surface area contributed by atoms with Crippen molar-refractivity contribution in [3.05, 3.63) is 65.7 Å². The van der Waals surface area contributed by atoms with Crippen LogP contribution in [0.1, 0.15) is 15.9 Å². The van der Waals surface area contributed by atoms with Gasteiger partial charge in [0.25, 0.3) is 5.91 Å². The highest BCUT2D eigenvalue weighted by Crippen LogP contribution is 2.24. The maximum Gasteiger partial charge on any atom is 0.251 e. The SMILES string of the molecule is CNC(=O)c1cccc(NC(=O)CSc2nnc(N3CCOCC3)n2Cc2ccccc2)c1. The van der Waals surface area contributed by atoms with Gasteiger partial charge in [-0.3, -0.25) is 14.2 Å². The van der Waals surface area contributed by atoms with Gasteiger partial charge in [0.1, 0.15) is 0 Å². The molecule has 1 fully saturated rings. The molecule has 2 heterocycles. The van der Waals surface area contributed by atoms with Crippen LogP contribution in [0.3, 0.4) is 0 Å². The van der Waals surface area contributed by atoms with E-state index in [9.17, 15) is 9.59 Å². The first-order valence-corrected chi connectivity index (χ1v) is 11.7.